The van der Waals surface area contributed by atoms with Crippen LogP contribution in [0.3, 0.4) is 0 Å². The highest BCUT2D eigenvalue weighted by Crippen LogP contribution is 2.38. The summed E-state index contributed by atoms with van der Waals surface area (Å²) in [4.78, 5) is 67.8. The molecule has 0 spiro atoms. The lowest BCUT2D eigenvalue weighted by atomic mass is 9.90. The fraction of sp³-hybridized carbons (Fsp3) is 0.520. The molecule has 0 aromatic carbocycles. The monoisotopic (exact) mass is 889 g/mol. The second-order valence-corrected chi connectivity index (χ2v) is 18.6. The van der Waals surface area contributed by atoms with Crippen LogP contribution in [0.4, 0.5) is 15.8 Å². The van der Waals surface area contributed by atoms with Crippen LogP contribution in [0.25, 0.3) is 0 Å². The lowest BCUT2D eigenvalue weighted by molar-refractivity contribution is 0.0956. The van der Waals surface area contributed by atoms with E-state index < -0.39 is 11.9 Å². The number of hydrogen-bond acceptors (Lipinski definition) is 10. The van der Waals surface area contributed by atoms with Gasteiger partial charge in [-0.05, 0) is 130 Å². The summed E-state index contributed by atoms with van der Waals surface area (Å²) in [6.45, 7) is 9.25. The van der Waals surface area contributed by atoms with Crippen LogP contribution in [0.2, 0.25) is 0 Å². The van der Waals surface area contributed by atoms with Crippen LogP contribution in [0.1, 0.15) is 125 Å². The number of hydrogen-bond donors (Lipinski definition) is 5. The first-order chi connectivity index (χ1) is 31.5. The molecule has 1 saturated carbocycles. The van der Waals surface area contributed by atoms with Crippen molar-refractivity contribution in [3.05, 3.63) is 126 Å². The molecule has 4 unspecified atom stereocenters. The van der Waals surface area contributed by atoms with E-state index in [1.807, 2.05) is 11.0 Å². The molecule has 4 atom stereocenters. The second-order valence-electron chi connectivity index (χ2n) is 18.6. The van der Waals surface area contributed by atoms with E-state index in [0.29, 0.717) is 36.4 Å². The smallest absolute Gasteiger partial charge is 0.269 e. The zero-order chi connectivity index (χ0) is 45.5. The number of pyridine rings is 4. The summed E-state index contributed by atoms with van der Waals surface area (Å²) in [5, 5.41) is 5.85. The van der Waals surface area contributed by atoms with Gasteiger partial charge >= 0.3 is 0 Å². The minimum Gasteiger partial charge on any atom is -0.368 e. The van der Waals surface area contributed by atoms with E-state index in [9.17, 15) is 23.6 Å². The van der Waals surface area contributed by atoms with Crippen molar-refractivity contribution in [1.82, 2.24) is 35.5 Å². The molecule has 10 rings (SSSR count). The summed E-state index contributed by atoms with van der Waals surface area (Å²) in [7, 11) is 1.61. The van der Waals surface area contributed by atoms with E-state index in [-0.39, 0.29) is 28.6 Å². The zero-order valence-corrected chi connectivity index (χ0v) is 38.0. The maximum atomic E-state index is 14.4. The number of carbonyl (C=O) groups is 2. The molecule has 14 nitrogen and oxygen atoms in total. The predicted octanol–water partition coefficient (Wildman–Crippen LogP) is 5.13. The van der Waals surface area contributed by atoms with Crippen LogP contribution in [0.15, 0.2) is 64.3 Å². The van der Waals surface area contributed by atoms with Crippen LogP contribution < -0.4 is 37.3 Å². The molecule has 2 aliphatic heterocycles. The van der Waals surface area contributed by atoms with Crippen molar-refractivity contribution in [2.75, 3.05) is 69.2 Å². The number of carbonyl (C=O) groups excluding carboxylic acids is 2. The molecule has 3 fully saturated rings. The first kappa shape index (κ1) is 45.9. The number of aromatic nitrogens is 4. The van der Waals surface area contributed by atoms with Crippen LogP contribution in [-0.4, -0.2) is 102 Å². The molecule has 4 aliphatic carbocycles. The highest BCUT2D eigenvalue weighted by molar-refractivity contribution is 5.92. The highest BCUT2D eigenvalue weighted by atomic mass is 19.1. The van der Waals surface area contributed by atoms with Gasteiger partial charge < -0.3 is 36.1 Å². The van der Waals surface area contributed by atoms with Crippen molar-refractivity contribution >= 4 is 23.2 Å². The number of nitrogens with zero attached hydrogens (tertiary/aromatic N) is 5. The van der Waals surface area contributed by atoms with E-state index in [0.717, 1.165) is 113 Å². The molecule has 2 saturated heterocycles. The summed E-state index contributed by atoms with van der Waals surface area (Å²) in [6, 6.07) is 11.6. The maximum absolute atomic E-state index is 14.4. The number of halogens is 1. The van der Waals surface area contributed by atoms with E-state index >= 15 is 0 Å². The number of aromatic amines is 2. The molecule has 6 aliphatic rings. The third kappa shape index (κ3) is 11.1. The molecule has 0 bridgehead atoms. The molecule has 0 radical (unpaired) electrons. The van der Waals surface area contributed by atoms with Crippen LogP contribution in [0.5, 0.6) is 0 Å². The fourth-order valence-electron chi connectivity index (χ4n) is 10.5. The lowest BCUT2D eigenvalue weighted by Crippen LogP contribution is -2.50. The molecule has 65 heavy (non-hydrogen) atoms. The quantitative estimate of drug-likeness (QED) is 0.123. The molecule has 4 aromatic rings. The Bertz CT molecular complexity index is 2460. The third-order valence-corrected chi connectivity index (χ3v) is 14.2. The van der Waals surface area contributed by atoms with Gasteiger partial charge in [-0.3, -0.25) is 24.1 Å². The second kappa shape index (κ2) is 21.1. The van der Waals surface area contributed by atoms with Gasteiger partial charge in [-0.25, -0.2) is 9.97 Å². The van der Waals surface area contributed by atoms with Gasteiger partial charge in [0.05, 0.1) is 17.6 Å². The molecule has 2 amide bonds. The van der Waals surface area contributed by atoms with Crippen molar-refractivity contribution in [2.45, 2.75) is 102 Å². The van der Waals surface area contributed by atoms with E-state index in [1.165, 1.54) is 55.0 Å². The number of primary amides is 1. The summed E-state index contributed by atoms with van der Waals surface area (Å²) in [5.41, 5.74) is 14.1. The number of nitrogens with one attached hydrogen (secondary N) is 4. The van der Waals surface area contributed by atoms with Crippen molar-refractivity contribution < 1.29 is 14.0 Å². The standard InChI is InChI=1S/C24H28FN5O2.C15H21NO.C11H16N4O/c25-22-21(8-7-19(27-22)23(26)31)30-11-9-29(10-12-30)17-6-5-16(13-17)20-14-15-3-1-2-4-18(15)24(32)28-20;1-10-6-7-12(8-10)14-9-11-4-2-3-5-13(11)15(17)16-14;1-12-11(16)10-3-2-9(8-14-10)15-6-4-13-5-7-15/h5-8,14,16-17H,1-4,9-13H2,(H2,26,31)(H,28,32);9-10,12H,2-8H2,1H3,(H,16,17);2-3,8,13H,4-7H2,1H3,(H,12,16). The van der Waals surface area contributed by atoms with Crippen LogP contribution in [0, 0.1) is 11.9 Å². The average molecular weight is 889 g/mol. The molecular weight excluding hydrogens is 824 g/mol. The van der Waals surface area contributed by atoms with Crippen molar-refractivity contribution in [1.29, 1.82) is 0 Å². The Morgan fingerprint density at radius 2 is 1.42 bits per heavy atom. The number of fused-ring (bicyclic) bond motifs is 2. The van der Waals surface area contributed by atoms with Crippen molar-refractivity contribution in [3.8, 4) is 0 Å². The fourth-order valence-corrected chi connectivity index (χ4v) is 10.5. The zero-order valence-electron chi connectivity index (χ0n) is 38.0. The Labute approximate surface area is 380 Å². The van der Waals surface area contributed by atoms with E-state index in [4.69, 9.17) is 5.73 Å². The van der Waals surface area contributed by atoms with Crippen molar-refractivity contribution in [2.24, 2.45) is 11.7 Å². The Morgan fingerprint density at radius 1 is 0.769 bits per heavy atom. The summed E-state index contributed by atoms with van der Waals surface area (Å²) >= 11 is 0. The molecule has 6 N–H and O–H groups in total. The van der Waals surface area contributed by atoms with Gasteiger partial charge in [0, 0.05) is 93.9 Å². The molecule has 6 heterocycles. The summed E-state index contributed by atoms with van der Waals surface area (Å²) < 4.78 is 14.4. The number of aryl methyl sites for hydroxylation is 2. The molecule has 4 aromatic heterocycles. The molecule has 346 valence electrons. The number of anilines is 2. The average Bonchev–Trinajstić information content (AvgIpc) is 4.02. The minimum absolute atomic E-state index is 0.0627. The first-order valence-corrected chi connectivity index (χ1v) is 23.8. The Hall–Kier alpha value is -5.67. The van der Waals surface area contributed by atoms with Gasteiger partial charge in [0.15, 0.2) is 0 Å². The lowest BCUT2D eigenvalue weighted by Gasteiger charge is -2.38. The minimum atomic E-state index is -0.733. The van der Waals surface area contributed by atoms with Crippen LogP contribution >= 0.6 is 0 Å². The van der Waals surface area contributed by atoms with Gasteiger partial charge in [0.25, 0.3) is 22.9 Å². The van der Waals surface area contributed by atoms with Gasteiger partial charge in [-0.2, -0.15) is 4.39 Å². The Kier molecular flexibility index (Phi) is 14.9. The SMILES string of the molecule is CC1CCC(c2cc3c(c(=O)[nH]2)CCCC3)C1.CNC(=O)c1ccc(N2CCNCC2)cn1.NC(=O)c1ccc(N2CCN(C3C=CC(c4cc5c(c(=O)[nH]4)CCCC5)C3)CC2)c(F)n1. The van der Waals surface area contributed by atoms with Gasteiger partial charge in [0.1, 0.15) is 11.4 Å². The van der Waals surface area contributed by atoms with E-state index in [2.05, 4.69) is 71.6 Å². The Morgan fingerprint density at radius 3 is 2.02 bits per heavy atom. The maximum Gasteiger partial charge on any atom is 0.269 e. The summed E-state index contributed by atoms with van der Waals surface area (Å²) in [6.07, 6.45) is 19.6. The predicted molar refractivity (Wildman–Crippen MR) is 253 cm³/mol. The Balaban J connectivity index is 0.000000147. The number of allylic oxidation sites excluding steroid dienone is 1. The van der Waals surface area contributed by atoms with Gasteiger partial charge in [0.2, 0.25) is 5.95 Å². The van der Waals surface area contributed by atoms with Gasteiger partial charge in [-0.15, -0.1) is 0 Å². The number of amides is 2. The summed E-state index contributed by atoms with van der Waals surface area (Å²) in [5.74, 6) is 0.104. The number of H-pyrrole nitrogens is 2. The molecule has 15 heteroatoms. The van der Waals surface area contributed by atoms with Crippen molar-refractivity contribution in [3.63, 3.8) is 0 Å². The number of nitrogens with two attached hydrogens (primary N) is 1. The van der Waals surface area contributed by atoms with Gasteiger partial charge in [-0.1, -0.05) is 25.5 Å². The van der Waals surface area contributed by atoms with Crippen LogP contribution in [-0.2, 0) is 25.7 Å². The number of rotatable bonds is 7. The molecular formula is C50H65FN10O4. The highest BCUT2D eigenvalue weighted by Gasteiger charge is 2.31. The first-order valence-electron chi connectivity index (χ1n) is 23.8. The largest absolute Gasteiger partial charge is 0.368 e. The van der Waals surface area contributed by atoms with E-state index in [1.54, 1.807) is 25.4 Å². The third-order valence-electron chi connectivity index (χ3n) is 14.2. The normalized spacial score (nSPS) is 22.8. The number of piperazine rings is 2. The topological polar surface area (TPSA) is 185 Å².